The Kier molecular flexibility index (Phi) is 3.46. The van der Waals surface area contributed by atoms with Gasteiger partial charge in [0.15, 0.2) is 0 Å². The van der Waals surface area contributed by atoms with Crippen molar-refractivity contribution in [3.63, 3.8) is 0 Å². The summed E-state index contributed by atoms with van der Waals surface area (Å²) in [5.74, 6) is -0.360. The number of H-pyrrole nitrogens is 1. The SMILES string of the molecule is CC(CO)(CO)NC(=O)c1c[nH]c2cc(N)ccc12. The Bertz CT molecular complexity index is 602. The lowest BCUT2D eigenvalue weighted by atomic mass is 10.0. The summed E-state index contributed by atoms with van der Waals surface area (Å²) >= 11 is 0. The molecule has 0 aliphatic rings. The van der Waals surface area contributed by atoms with Gasteiger partial charge in [0.25, 0.3) is 5.91 Å². The van der Waals surface area contributed by atoms with Crippen LogP contribution in [0.5, 0.6) is 0 Å². The number of anilines is 1. The largest absolute Gasteiger partial charge is 0.399 e. The molecule has 1 amide bonds. The molecule has 102 valence electrons. The van der Waals surface area contributed by atoms with Crippen molar-refractivity contribution in [1.82, 2.24) is 10.3 Å². The Morgan fingerprint density at radius 1 is 1.42 bits per heavy atom. The van der Waals surface area contributed by atoms with Crippen molar-refractivity contribution in [1.29, 1.82) is 0 Å². The Morgan fingerprint density at radius 2 is 2.11 bits per heavy atom. The average molecular weight is 263 g/mol. The molecule has 0 saturated heterocycles. The van der Waals surface area contributed by atoms with Gasteiger partial charge in [0.05, 0.1) is 24.3 Å². The maximum absolute atomic E-state index is 12.2. The molecule has 6 heteroatoms. The first kappa shape index (κ1) is 13.4. The third kappa shape index (κ3) is 2.54. The summed E-state index contributed by atoms with van der Waals surface area (Å²) < 4.78 is 0. The molecule has 0 spiro atoms. The van der Waals surface area contributed by atoms with E-state index in [4.69, 9.17) is 5.73 Å². The number of aromatic amines is 1. The molecule has 0 bridgehead atoms. The Morgan fingerprint density at radius 3 is 2.74 bits per heavy atom. The fraction of sp³-hybridized carbons (Fsp3) is 0.308. The van der Waals surface area contributed by atoms with Gasteiger partial charge >= 0.3 is 0 Å². The number of benzene rings is 1. The fourth-order valence-electron chi connectivity index (χ4n) is 1.80. The van der Waals surface area contributed by atoms with E-state index in [1.807, 2.05) is 0 Å². The monoisotopic (exact) mass is 263 g/mol. The average Bonchev–Trinajstić information content (AvgIpc) is 2.81. The third-order valence-electron chi connectivity index (χ3n) is 3.06. The van der Waals surface area contributed by atoms with Gasteiger partial charge in [-0.1, -0.05) is 0 Å². The summed E-state index contributed by atoms with van der Waals surface area (Å²) in [4.78, 5) is 15.1. The normalized spacial score (nSPS) is 11.7. The van der Waals surface area contributed by atoms with Gasteiger partial charge in [-0.15, -0.1) is 0 Å². The number of rotatable bonds is 4. The lowest BCUT2D eigenvalue weighted by molar-refractivity contribution is 0.0725. The van der Waals surface area contributed by atoms with Crippen LogP contribution >= 0.6 is 0 Å². The van der Waals surface area contributed by atoms with Crippen molar-refractivity contribution in [3.05, 3.63) is 30.0 Å². The van der Waals surface area contributed by atoms with Crippen molar-refractivity contribution in [2.45, 2.75) is 12.5 Å². The quantitative estimate of drug-likeness (QED) is 0.508. The second-order valence-corrected chi connectivity index (χ2v) is 4.84. The molecular weight excluding hydrogens is 246 g/mol. The minimum Gasteiger partial charge on any atom is -0.399 e. The number of fused-ring (bicyclic) bond motifs is 1. The summed E-state index contributed by atoms with van der Waals surface area (Å²) in [5, 5.41) is 21.7. The standard InChI is InChI=1S/C13H17N3O3/c1-13(6-17,7-18)16-12(19)10-5-15-11-4-8(14)2-3-9(10)11/h2-5,15,17-18H,6-7,14H2,1H3,(H,16,19). The van der Waals surface area contributed by atoms with Crippen molar-refractivity contribution in [3.8, 4) is 0 Å². The van der Waals surface area contributed by atoms with Gasteiger partial charge < -0.3 is 26.2 Å². The molecule has 2 aromatic rings. The van der Waals surface area contributed by atoms with Gasteiger partial charge in [0, 0.05) is 22.8 Å². The minimum absolute atomic E-state index is 0.343. The van der Waals surface area contributed by atoms with Crippen LogP contribution in [-0.4, -0.2) is 39.9 Å². The zero-order chi connectivity index (χ0) is 14.0. The molecule has 2 rings (SSSR count). The van der Waals surface area contributed by atoms with Gasteiger partial charge in [0.1, 0.15) is 0 Å². The van der Waals surface area contributed by atoms with E-state index in [-0.39, 0.29) is 19.1 Å². The number of nitrogens with two attached hydrogens (primary N) is 1. The molecule has 0 atom stereocenters. The maximum atomic E-state index is 12.2. The molecule has 1 aromatic heterocycles. The molecule has 1 heterocycles. The lowest BCUT2D eigenvalue weighted by Gasteiger charge is -2.25. The van der Waals surface area contributed by atoms with E-state index in [2.05, 4.69) is 10.3 Å². The number of aliphatic hydroxyl groups excluding tert-OH is 2. The Hall–Kier alpha value is -2.05. The van der Waals surface area contributed by atoms with Crippen LogP contribution in [0.25, 0.3) is 10.9 Å². The van der Waals surface area contributed by atoms with Crippen LogP contribution in [0.4, 0.5) is 5.69 Å². The zero-order valence-electron chi connectivity index (χ0n) is 10.6. The van der Waals surface area contributed by atoms with Crippen LogP contribution in [0.2, 0.25) is 0 Å². The lowest BCUT2D eigenvalue weighted by Crippen LogP contribution is -2.51. The highest BCUT2D eigenvalue weighted by Gasteiger charge is 2.26. The molecule has 1 aromatic carbocycles. The van der Waals surface area contributed by atoms with Gasteiger partial charge in [-0.3, -0.25) is 4.79 Å². The summed E-state index contributed by atoms with van der Waals surface area (Å²) in [7, 11) is 0. The van der Waals surface area contributed by atoms with E-state index in [0.29, 0.717) is 11.3 Å². The van der Waals surface area contributed by atoms with E-state index >= 15 is 0 Å². The second-order valence-electron chi connectivity index (χ2n) is 4.84. The number of nitrogen functional groups attached to an aromatic ring is 1. The molecule has 0 aliphatic carbocycles. The number of carbonyl (C=O) groups excluding carboxylic acids is 1. The van der Waals surface area contributed by atoms with Crippen LogP contribution in [0.15, 0.2) is 24.4 Å². The predicted molar refractivity (Wildman–Crippen MR) is 72.8 cm³/mol. The van der Waals surface area contributed by atoms with E-state index in [1.54, 1.807) is 31.3 Å². The first-order valence-electron chi connectivity index (χ1n) is 5.90. The molecule has 0 radical (unpaired) electrons. The molecule has 0 unspecified atom stereocenters. The minimum atomic E-state index is -1.05. The van der Waals surface area contributed by atoms with E-state index in [9.17, 15) is 15.0 Å². The summed E-state index contributed by atoms with van der Waals surface area (Å²) in [5.41, 5.74) is 6.44. The van der Waals surface area contributed by atoms with E-state index < -0.39 is 5.54 Å². The van der Waals surface area contributed by atoms with E-state index in [1.165, 1.54) is 0 Å². The van der Waals surface area contributed by atoms with Gasteiger partial charge in [-0.2, -0.15) is 0 Å². The summed E-state index contributed by atoms with van der Waals surface area (Å²) in [6.45, 7) is 0.882. The van der Waals surface area contributed by atoms with Crippen molar-refractivity contribution < 1.29 is 15.0 Å². The molecule has 0 aliphatic heterocycles. The molecule has 0 saturated carbocycles. The summed E-state index contributed by atoms with van der Waals surface area (Å²) in [6, 6.07) is 5.21. The van der Waals surface area contributed by atoms with Gasteiger partial charge in [0.2, 0.25) is 0 Å². The predicted octanol–water partition coefficient (Wildman–Crippen LogP) is 0.223. The van der Waals surface area contributed by atoms with Crippen molar-refractivity contribution in [2.75, 3.05) is 18.9 Å². The van der Waals surface area contributed by atoms with Gasteiger partial charge in [-0.05, 0) is 25.1 Å². The van der Waals surface area contributed by atoms with Crippen LogP contribution in [0, 0.1) is 0 Å². The molecule has 19 heavy (non-hydrogen) atoms. The second kappa shape index (κ2) is 4.91. The number of nitrogens with one attached hydrogen (secondary N) is 2. The number of aliphatic hydroxyl groups is 2. The van der Waals surface area contributed by atoms with Crippen molar-refractivity contribution in [2.24, 2.45) is 0 Å². The highest BCUT2D eigenvalue weighted by Crippen LogP contribution is 2.21. The first-order chi connectivity index (χ1) is 8.99. The third-order valence-corrected chi connectivity index (χ3v) is 3.06. The number of hydrogen-bond acceptors (Lipinski definition) is 4. The highest BCUT2D eigenvalue weighted by molar-refractivity contribution is 6.07. The first-order valence-corrected chi connectivity index (χ1v) is 5.90. The van der Waals surface area contributed by atoms with Crippen molar-refractivity contribution >= 4 is 22.5 Å². The smallest absolute Gasteiger partial charge is 0.254 e. The zero-order valence-corrected chi connectivity index (χ0v) is 10.6. The van der Waals surface area contributed by atoms with Crippen LogP contribution in [0.3, 0.4) is 0 Å². The molecular formula is C13H17N3O3. The fourth-order valence-corrected chi connectivity index (χ4v) is 1.80. The topological polar surface area (TPSA) is 111 Å². The number of aromatic nitrogens is 1. The molecule has 6 nitrogen and oxygen atoms in total. The highest BCUT2D eigenvalue weighted by atomic mass is 16.3. The van der Waals surface area contributed by atoms with E-state index in [0.717, 1.165) is 10.9 Å². The summed E-state index contributed by atoms with van der Waals surface area (Å²) in [6.07, 6.45) is 1.58. The molecule has 0 fully saturated rings. The van der Waals surface area contributed by atoms with Gasteiger partial charge in [-0.25, -0.2) is 0 Å². The number of carbonyl (C=O) groups is 1. The van der Waals surface area contributed by atoms with Crippen LogP contribution < -0.4 is 11.1 Å². The number of amides is 1. The molecule has 6 N–H and O–H groups in total. The Balaban J connectivity index is 2.32. The van der Waals surface area contributed by atoms with Crippen LogP contribution in [-0.2, 0) is 0 Å². The maximum Gasteiger partial charge on any atom is 0.254 e. The van der Waals surface area contributed by atoms with Crippen LogP contribution in [0.1, 0.15) is 17.3 Å². The number of hydrogen-bond donors (Lipinski definition) is 5. The Labute approximate surface area is 110 Å².